The molecule has 0 heterocycles. The van der Waals surface area contributed by atoms with Crippen molar-refractivity contribution >= 4 is 30.8 Å². The molecule has 0 aliphatic rings. The molecule has 0 saturated carbocycles. The number of nitrogens with one attached hydrogen (secondary N) is 1. The second kappa shape index (κ2) is 5.69. The van der Waals surface area contributed by atoms with Crippen LogP contribution in [0.15, 0.2) is 18.2 Å². The summed E-state index contributed by atoms with van der Waals surface area (Å²) in [5.41, 5.74) is 0.675. The van der Waals surface area contributed by atoms with Crippen LogP contribution in [0.25, 0.3) is 0 Å². The molecule has 0 radical (unpaired) electrons. The summed E-state index contributed by atoms with van der Waals surface area (Å²) in [7, 11) is -1.57. The Bertz CT molecular complexity index is 418. The first-order valence-electron chi connectivity index (χ1n) is 6.01. The summed E-state index contributed by atoms with van der Waals surface area (Å²) in [6.07, 6.45) is 0. The Balaban J connectivity index is 3.32. The van der Waals surface area contributed by atoms with E-state index in [1.807, 2.05) is 19.1 Å². The van der Waals surface area contributed by atoms with Crippen molar-refractivity contribution in [2.24, 2.45) is 0 Å². The van der Waals surface area contributed by atoms with E-state index in [9.17, 15) is 4.79 Å². The average Bonchev–Trinajstić information content (AvgIpc) is 2.28. The van der Waals surface area contributed by atoms with Gasteiger partial charge in [-0.1, -0.05) is 49.8 Å². The van der Waals surface area contributed by atoms with Gasteiger partial charge in [-0.05, 0) is 18.2 Å². The van der Waals surface area contributed by atoms with Crippen LogP contribution in [-0.2, 0) is 0 Å². The van der Waals surface area contributed by atoms with Crippen LogP contribution in [0.5, 0.6) is 0 Å². The van der Waals surface area contributed by atoms with E-state index in [0.717, 1.165) is 11.2 Å². The first-order chi connectivity index (χ1) is 7.94. The van der Waals surface area contributed by atoms with Crippen LogP contribution in [0.3, 0.4) is 0 Å². The molecular weight excluding hydrogens is 250 g/mol. The average molecular weight is 270 g/mol. The normalized spacial score (nSPS) is 11.4. The highest BCUT2D eigenvalue weighted by atomic mass is 35.5. The molecule has 0 atom stereocenters. The Kier molecular flexibility index (Phi) is 4.77. The van der Waals surface area contributed by atoms with E-state index in [1.54, 1.807) is 6.07 Å². The van der Waals surface area contributed by atoms with Gasteiger partial charge in [0.15, 0.2) is 0 Å². The van der Waals surface area contributed by atoms with E-state index < -0.39 is 8.07 Å². The molecule has 1 aromatic rings. The molecule has 0 spiro atoms. The number of benzene rings is 1. The van der Waals surface area contributed by atoms with Gasteiger partial charge in [-0.3, -0.25) is 4.79 Å². The van der Waals surface area contributed by atoms with Crippen molar-refractivity contribution in [3.8, 4) is 0 Å². The van der Waals surface area contributed by atoms with Gasteiger partial charge in [-0.25, -0.2) is 0 Å². The van der Waals surface area contributed by atoms with Crippen LogP contribution in [0, 0.1) is 0 Å². The van der Waals surface area contributed by atoms with Crippen molar-refractivity contribution in [2.75, 3.05) is 6.54 Å². The van der Waals surface area contributed by atoms with Crippen LogP contribution in [0.2, 0.25) is 24.2 Å². The highest BCUT2D eigenvalue weighted by Crippen LogP contribution is 2.19. The van der Waals surface area contributed by atoms with Gasteiger partial charge < -0.3 is 5.32 Å². The minimum Gasteiger partial charge on any atom is -0.352 e. The second-order valence-corrected chi connectivity index (χ2v) is 10.2. The lowest BCUT2D eigenvalue weighted by Crippen LogP contribution is -2.45. The maximum absolute atomic E-state index is 12.1. The third kappa shape index (κ3) is 3.10. The molecule has 0 unspecified atom stereocenters. The van der Waals surface area contributed by atoms with Crippen molar-refractivity contribution in [2.45, 2.75) is 33.0 Å². The summed E-state index contributed by atoms with van der Waals surface area (Å²) in [6, 6.07) is 6.87. The first-order valence-corrected chi connectivity index (χ1v) is 9.59. The largest absolute Gasteiger partial charge is 0.352 e. The summed E-state index contributed by atoms with van der Waals surface area (Å²) < 4.78 is 0. The Morgan fingerprint density at radius 3 is 2.53 bits per heavy atom. The van der Waals surface area contributed by atoms with Gasteiger partial charge in [0, 0.05) is 6.54 Å². The van der Waals surface area contributed by atoms with E-state index in [-0.39, 0.29) is 5.91 Å². The van der Waals surface area contributed by atoms with Crippen molar-refractivity contribution in [1.82, 2.24) is 5.32 Å². The number of hydrogen-bond donors (Lipinski definition) is 1. The van der Waals surface area contributed by atoms with Crippen molar-refractivity contribution in [1.29, 1.82) is 0 Å². The standard InChI is InChI=1S/C13H20ClNOSi/c1-5-15-13(16)12-10(14)8-7-9-11(12)17(3,4)6-2/h7-9H,5-6H2,1-4H3,(H,15,16). The van der Waals surface area contributed by atoms with Gasteiger partial charge in [-0.2, -0.15) is 0 Å². The fourth-order valence-electron chi connectivity index (χ4n) is 1.76. The fourth-order valence-corrected chi connectivity index (χ4v) is 3.95. The molecule has 0 aliphatic heterocycles. The van der Waals surface area contributed by atoms with Crippen molar-refractivity contribution in [3.63, 3.8) is 0 Å². The van der Waals surface area contributed by atoms with Gasteiger partial charge in [-0.15, -0.1) is 0 Å². The van der Waals surface area contributed by atoms with E-state index in [4.69, 9.17) is 11.6 Å². The smallest absolute Gasteiger partial charge is 0.252 e. The molecule has 0 aromatic heterocycles. The Labute approximate surface area is 109 Å². The minimum atomic E-state index is -1.57. The fraction of sp³-hybridized carbons (Fsp3) is 0.462. The minimum absolute atomic E-state index is 0.0536. The van der Waals surface area contributed by atoms with Crippen molar-refractivity contribution < 1.29 is 4.79 Å². The van der Waals surface area contributed by atoms with E-state index >= 15 is 0 Å². The molecule has 1 aromatic carbocycles. The SMILES string of the molecule is CCNC(=O)c1c(Cl)cccc1[Si](C)(C)CC. The molecule has 1 rings (SSSR count). The molecule has 0 saturated heterocycles. The third-order valence-electron chi connectivity index (χ3n) is 3.19. The lowest BCUT2D eigenvalue weighted by molar-refractivity contribution is 0.0957. The highest BCUT2D eigenvalue weighted by molar-refractivity contribution is 6.90. The number of amides is 1. The van der Waals surface area contributed by atoms with Gasteiger partial charge in [0.1, 0.15) is 0 Å². The molecule has 0 fully saturated rings. The molecular formula is C13H20ClNOSi. The zero-order chi connectivity index (χ0) is 13.1. The highest BCUT2D eigenvalue weighted by Gasteiger charge is 2.27. The van der Waals surface area contributed by atoms with Gasteiger partial charge in [0.05, 0.1) is 18.7 Å². The zero-order valence-corrected chi connectivity index (χ0v) is 12.7. The summed E-state index contributed by atoms with van der Waals surface area (Å²) in [5.74, 6) is -0.0536. The van der Waals surface area contributed by atoms with Crippen LogP contribution >= 0.6 is 11.6 Å². The Morgan fingerprint density at radius 1 is 1.35 bits per heavy atom. The van der Waals surface area contributed by atoms with Gasteiger partial charge >= 0.3 is 0 Å². The molecule has 4 heteroatoms. The molecule has 0 bridgehead atoms. The molecule has 1 N–H and O–H groups in total. The summed E-state index contributed by atoms with van der Waals surface area (Å²) >= 11 is 6.18. The summed E-state index contributed by atoms with van der Waals surface area (Å²) in [5, 5.41) is 4.55. The number of carbonyl (C=O) groups is 1. The van der Waals surface area contributed by atoms with E-state index in [0.29, 0.717) is 17.1 Å². The number of halogens is 1. The van der Waals surface area contributed by atoms with Gasteiger partial charge in [0.2, 0.25) is 0 Å². The van der Waals surface area contributed by atoms with Crippen LogP contribution in [-0.4, -0.2) is 20.5 Å². The summed E-state index contributed by atoms with van der Waals surface area (Å²) in [4.78, 5) is 12.1. The molecule has 1 amide bonds. The third-order valence-corrected chi connectivity index (χ3v) is 7.15. The predicted molar refractivity (Wildman–Crippen MR) is 77.1 cm³/mol. The molecule has 0 aliphatic carbocycles. The van der Waals surface area contributed by atoms with Gasteiger partial charge in [0.25, 0.3) is 5.91 Å². The maximum Gasteiger partial charge on any atom is 0.252 e. The zero-order valence-electron chi connectivity index (χ0n) is 10.9. The van der Waals surface area contributed by atoms with E-state index in [2.05, 4.69) is 25.3 Å². The van der Waals surface area contributed by atoms with Crippen LogP contribution in [0.1, 0.15) is 24.2 Å². The van der Waals surface area contributed by atoms with Crippen LogP contribution < -0.4 is 10.5 Å². The molecule has 17 heavy (non-hydrogen) atoms. The number of hydrogen-bond acceptors (Lipinski definition) is 1. The van der Waals surface area contributed by atoms with Crippen LogP contribution in [0.4, 0.5) is 0 Å². The number of rotatable bonds is 4. The lowest BCUT2D eigenvalue weighted by atomic mass is 10.2. The molecule has 2 nitrogen and oxygen atoms in total. The van der Waals surface area contributed by atoms with Crippen molar-refractivity contribution in [3.05, 3.63) is 28.8 Å². The topological polar surface area (TPSA) is 29.1 Å². The number of carbonyl (C=O) groups excluding carboxylic acids is 1. The van der Waals surface area contributed by atoms with E-state index in [1.165, 1.54) is 0 Å². The predicted octanol–water partition coefficient (Wildman–Crippen LogP) is 3.03. The molecule has 94 valence electrons. The quantitative estimate of drug-likeness (QED) is 0.837. The Hall–Kier alpha value is -0.803. The summed E-state index contributed by atoms with van der Waals surface area (Å²) in [6.45, 7) is 9.24. The monoisotopic (exact) mass is 269 g/mol. The first kappa shape index (κ1) is 14.3. The Morgan fingerprint density at radius 2 is 2.00 bits per heavy atom. The maximum atomic E-state index is 12.1. The second-order valence-electron chi connectivity index (χ2n) is 4.76. The lowest BCUT2D eigenvalue weighted by Gasteiger charge is -2.24.